The summed E-state index contributed by atoms with van der Waals surface area (Å²) in [5.74, 6) is -1.22. The molecule has 1 heterocycles. The Bertz CT molecular complexity index is 1140. The number of carbonyl (C=O) groups excluding carboxylic acids is 1. The molecule has 7 nitrogen and oxygen atoms in total. The second-order valence-electron chi connectivity index (χ2n) is 8.61. The molecule has 3 rings (SSSR count). The Labute approximate surface area is 202 Å². The maximum absolute atomic E-state index is 13.7. The third kappa shape index (κ3) is 5.46. The lowest BCUT2D eigenvalue weighted by Crippen LogP contribution is -2.54. The lowest BCUT2D eigenvalue weighted by Gasteiger charge is -2.34. The maximum Gasteiger partial charge on any atom is 0.419 e. The van der Waals surface area contributed by atoms with E-state index in [1.54, 1.807) is 0 Å². The normalized spacial score (nSPS) is 17.0. The van der Waals surface area contributed by atoms with Crippen molar-refractivity contribution in [1.82, 2.24) is 5.48 Å². The lowest BCUT2D eigenvalue weighted by atomic mass is 9.98. The molecule has 2 aromatic rings. The second kappa shape index (κ2) is 10.5. The molecule has 1 atom stereocenters. The number of hydroxylamine groups is 1. The number of hydrogen-bond acceptors (Lipinski definition) is 6. The Balaban J connectivity index is 1.95. The largest absolute Gasteiger partial charge is 0.493 e. The van der Waals surface area contributed by atoms with Crippen molar-refractivity contribution in [3.63, 3.8) is 0 Å². The highest BCUT2D eigenvalue weighted by Crippen LogP contribution is 2.40. The van der Waals surface area contributed by atoms with Gasteiger partial charge in [-0.15, -0.1) is 0 Å². The number of carbonyl (C=O) groups is 1. The first-order valence-electron chi connectivity index (χ1n) is 11.2. The van der Waals surface area contributed by atoms with Gasteiger partial charge >= 0.3 is 6.18 Å². The number of hydrogen-bond donors (Lipinski definition) is 2. The van der Waals surface area contributed by atoms with E-state index in [1.165, 1.54) is 41.9 Å². The summed E-state index contributed by atoms with van der Waals surface area (Å²) in [5.41, 5.74) is 1.11. The van der Waals surface area contributed by atoms with Crippen LogP contribution >= 0.6 is 0 Å². The summed E-state index contributed by atoms with van der Waals surface area (Å²) < 4.78 is 76.5. The van der Waals surface area contributed by atoms with E-state index in [4.69, 9.17) is 14.7 Å². The van der Waals surface area contributed by atoms with Gasteiger partial charge in [-0.2, -0.15) is 13.2 Å². The van der Waals surface area contributed by atoms with Crippen LogP contribution in [0.2, 0.25) is 0 Å². The zero-order chi connectivity index (χ0) is 25.9. The van der Waals surface area contributed by atoms with E-state index < -0.39 is 32.2 Å². The highest BCUT2D eigenvalue weighted by molar-refractivity contribution is 7.93. The number of rotatable bonds is 8. The van der Waals surface area contributed by atoms with Crippen LogP contribution in [0.5, 0.6) is 5.75 Å². The van der Waals surface area contributed by atoms with Crippen LogP contribution in [0.1, 0.15) is 38.7 Å². The van der Waals surface area contributed by atoms with Crippen molar-refractivity contribution in [2.24, 2.45) is 5.92 Å². The first-order valence-corrected chi connectivity index (χ1v) is 12.7. The molecule has 2 aromatic carbocycles. The smallest absolute Gasteiger partial charge is 0.419 e. The lowest BCUT2D eigenvalue weighted by molar-refractivity contribution is -0.139. The minimum atomic E-state index is -4.64. The summed E-state index contributed by atoms with van der Waals surface area (Å²) in [6.07, 6.45) is -4.16. The molecule has 1 fully saturated rings. The van der Waals surface area contributed by atoms with Crippen molar-refractivity contribution in [2.45, 2.75) is 48.9 Å². The van der Waals surface area contributed by atoms with Crippen LogP contribution in [0.3, 0.4) is 0 Å². The summed E-state index contributed by atoms with van der Waals surface area (Å²) in [5, 5.41) is 9.14. The molecule has 1 unspecified atom stereocenters. The molecule has 35 heavy (non-hydrogen) atoms. The average Bonchev–Trinajstić information content (AvgIpc) is 2.86. The number of alkyl halides is 3. The maximum atomic E-state index is 13.7. The van der Waals surface area contributed by atoms with Gasteiger partial charge < -0.3 is 9.47 Å². The summed E-state index contributed by atoms with van der Waals surface area (Å²) in [7, 11) is -4.24. The van der Waals surface area contributed by atoms with Gasteiger partial charge in [-0.1, -0.05) is 38.5 Å². The van der Waals surface area contributed by atoms with Gasteiger partial charge in [0.2, 0.25) is 0 Å². The molecular formula is C24H28F3NO6S. The van der Waals surface area contributed by atoms with Gasteiger partial charge in [0.05, 0.1) is 17.1 Å². The molecule has 1 aliphatic heterocycles. The summed E-state index contributed by atoms with van der Waals surface area (Å²) >= 11 is 0. The van der Waals surface area contributed by atoms with Crippen molar-refractivity contribution in [3.05, 3.63) is 48.0 Å². The standard InChI is InChI=1S/C24H28F3NO6S/c1-3-16(2)15-34-21-9-6-18(14-20(21)24(25,26)27)17-4-7-19(8-5-17)35(31,32)23(22(29)28-30)10-12-33-13-11-23/h4-9,14,16,30H,3,10-13,15H2,1-2H3,(H,28,29). The number of ether oxygens (including phenoxy) is 2. The molecule has 11 heteroatoms. The molecule has 1 aliphatic rings. The van der Waals surface area contributed by atoms with E-state index >= 15 is 0 Å². The Hall–Kier alpha value is -2.63. The van der Waals surface area contributed by atoms with E-state index in [-0.39, 0.29) is 54.8 Å². The van der Waals surface area contributed by atoms with Crippen LogP contribution in [0, 0.1) is 5.92 Å². The Morgan fingerprint density at radius 3 is 2.29 bits per heavy atom. The van der Waals surface area contributed by atoms with Crippen LogP contribution in [-0.4, -0.2) is 44.1 Å². The van der Waals surface area contributed by atoms with Crippen molar-refractivity contribution in [3.8, 4) is 16.9 Å². The summed E-state index contributed by atoms with van der Waals surface area (Å²) in [6, 6.07) is 8.95. The molecule has 1 saturated heterocycles. The topological polar surface area (TPSA) is 102 Å². The Morgan fingerprint density at radius 2 is 1.74 bits per heavy atom. The van der Waals surface area contributed by atoms with E-state index in [0.717, 1.165) is 12.5 Å². The van der Waals surface area contributed by atoms with Gasteiger partial charge in [0.15, 0.2) is 14.6 Å². The van der Waals surface area contributed by atoms with Crippen LogP contribution in [-0.2, 0) is 25.5 Å². The fraction of sp³-hybridized carbons (Fsp3) is 0.458. The minimum Gasteiger partial charge on any atom is -0.493 e. The fourth-order valence-corrected chi connectivity index (χ4v) is 5.82. The number of benzene rings is 2. The first-order chi connectivity index (χ1) is 16.5. The third-order valence-corrected chi connectivity index (χ3v) is 8.85. The van der Waals surface area contributed by atoms with E-state index in [9.17, 15) is 26.4 Å². The molecule has 192 valence electrons. The van der Waals surface area contributed by atoms with E-state index in [0.29, 0.717) is 5.56 Å². The number of halogens is 3. The van der Waals surface area contributed by atoms with Crippen molar-refractivity contribution in [1.29, 1.82) is 0 Å². The van der Waals surface area contributed by atoms with Crippen LogP contribution in [0.15, 0.2) is 47.4 Å². The summed E-state index contributed by atoms with van der Waals surface area (Å²) in [4.78, 5) is 12.2. The Kier molecular flexibility index (Phi) is 8.13. The number of amides is 1. The second-order valence-corrected chi connectivity index (χ2v) is 10.9. The van der Waals surface area contributed by atoms with Gasteiger partial charge in [0.25, 0.3) is 5.91 Å². The first kappa shape index (κ1) is 27.0. The number of nitrogens with one attached hydrogen (secondary N) is 1. The van der Waals surface area contributed by atoms with E-state index in [2.05, 4.69) is 0 Å². The predicted molar refractivity (Wildman–Crippen MR) is 122 cm³/mol. The van der Waals surface area contributed by atoms with Gasteiger partial charge in [0.1, 0.15) is 5.75 Å². The molecule has 0 spiro atoms. The molecule has 0 bridgehead atoms. The van der Waals surface area contributed by atoms with Gasteiger partial charge in [-0.3, -0.25) is 10.0 Å². The highest BCUT2D eigenvalue weighted by atomic mass is 32.2. The summed E-state index contributed by atoms with van der Waals surface area (Å²) in [6.45, 7) is 4.00. The average molecular weight is 516 g/mol. The zero-order valence-corrected chi connectivity index (χ0v) is 20.2. The minimum absolute atomic E-state index is 0.0242. The zero-order valence-electron chi connectivity index (χ0n) is 19.4. The molecule has 0 aliphatic carbocycles. The van der Waals surface area contributed by atoms with Crippen molar-refractivity contribution >= 4 is 15.7 Å². The third-order valence-electron chi connectivity index (χ3n) is 6.33. The monoisotopic (exact) mass is 515 g/mol. The molecule has 0 saturated carbocycles. The molecule has 2 N–H and O–H groups in total. The molecule has 0 aromatic heterocycles. The van der Waals surface area contributed by atoms with Gasteiger partial charge in [-0.25, -0.2) is 13.9 Å². The van der Waals surface area contributed by atoms with E-state index in [1.807, 2.05) is 13.8 Å². The molecular weight excluding hydrogens is 487 g/mol. The quantitative estimate of drug-likeness (QED) is 0.393. The number of sulfone groups is 1. The SMILES string of the molecule is CCC(C)COc1ccc(-c2ccc(S(=O)(=O)C3(C(=O)NO)CCOCC3)cc2)cc1C(F)(F)F. The molecule has 1 amide bonds. The van der Waals surface area contributed by atoms with Crippen LogP contribution in [0.25, 0.3) is 11.1 Å². The highest BCUT2D eigenvalue weighted by Gasteiger charge is 2.52. The van der Waals surface area contributed by atoms with Crippen molar-refractivity contribution < 1.29 is 41.1 Å². The van der Waals surface area contributed by atoms with Gasteiger partial charge in [0, 0.05) is 13.2 Å². The van der Waals surface area contributed by atoms with Gasteiger partial charge in [-0.05, 0) is 54.2 Å². The predicted octanol–water partition coefficient (Wildman–Crippen LogP) is 4.63. The fourth-order valence-electron chi connectivity index (χ4n) is 3.88. The Morgan fingerprint density at radius 1 is 1.14 bits per heavy atom. The van der Waals surface area contributed by atoms with Crippen LogP contribution in [0.4, 0.5) is 13.2 Å². The molecule has 0 radical (unpaired) electrons. The van der Waals surface area contributed by atoms with Crippen molar-refractivity contribution in [2.75, 3.05) is 19.8 Å². The van der Waals surface area contributed by atoms with Crippen LogP contribution < -0.4 is 10.2 Å².